The summed E-state index contributed by atoms with van der Waals surface area (Å²) in [7, 11) is 0. The zero-order valence-electron chi connectivity index (χ0n) is 12.9. The molecule has 5 nitrogen and oxygen atoms in total. The smallest absolute Gasteiger partial charge is 0.261 e. The highest BCUT2D eigenvalue weighted by Gasteiger charge is 2.24. The maximum absolute atomic E-state index is 12.4. The third-order valence-corrected chi connectivity index (χ3v) is 4.68. The minimum atomic E-state index is -0.255. The Morgan fingerprint density at radius 3 is 2.86 bits per heavy atom. The lowest BCUT2D eigenvalue weighted by Gasteiger charge is -2.30. The van der Waals surface area contributed by atoms with Crippen molar-refractivity contribution in [2.75, 3.05) is 13.1 Å². The summed E-state index contributed by atoms with van der Waals surface area (Å²) < 4.78 is 0. The van der Waals surface area contributed by atoms with Crippen LogP contribution in [-0.2, 0) is 12.8 Å². The fourth-order valence-electron chi connectivity index (χ4n) is 3.32. The Kier molecular flexibility index (Phi) is 5.64. The molecular formula is C16H24ClN3O2. The number of hydrogen-bond acceptors (Lipinski definition) is 3. The Labute approximate surface area is 136 Å². The molecule has 2 heterocycles. The number of carbonyl (C=O) groups excluding carboxylic acids is 1. The van der Waals surface area contributed by atoms with Crippen molar-refractivity contribution in [1.29, 1.82) is 0 Å². The standard InChI is InChI=1S/C16H23N3O2.ClH/c1-10-9-17-7-6-13(10)18-15(20)12-8-11-4-2-3-5-14(11)19-16(12)21;/h8,10,13,17H,2-7,9H2,1H3,(H,18,20)(H,19,21);1H. The number of aryl methyl sites for hydroxylation is 2. The van der Waals surface area contributed by atoms with E-state index in [9.17, 15) is 9.59 Å². The van der Waals surface area contributed by atoms with E-state index in [0.717, 1.165) is 56.5 Å². The van der Waals surface area contributed by atoms with Crippen LogP contribution in [-0.4, -0.2) is 30.0 Å². The molecule has 6 heteroatoms. The summed E-state index contributed by atoms with van der Waals surface area (Å²) in [6.07, 6.45) is 5.02. The molecule has 2 unspecified atom stereocenters. The largest absolute Gasteiger partial charge is 0.349 e. The molecule has 1 fully saturated rings. The summed E-state index contributed by atoms with van der Waals surface area (Å²) in [5.74, 6) is 0.155. The lowest BCUT2D eigenvalue weighted by Crippen LogP contribution is -2.49. The molecule has 122 valence electrons. The molecule has 2 aliphatic rings. The Morgan fingerprint density at radius 2 is 2.09 bits per heavy atom. The second-order valence-electron chi connectivity index (χ2n) is 6.27. The molecule has 1 aliphatic carbocycles. The topological polar surface area (TPSA) is 74.0 Å². The summed E-state index contributed by atoms with van der Waals surface area (Å²) >= 11 is 0. The molecule has 3 rings (SSSR count). The van der Waals surface area contributed by atoms with Gasteiger partial charge in [0.05, 0.1) is 0 Å². The molecule has 0 spiro atoms. The zero-order valence-corrected chi connectivity index (χ0v) is 13.7. The van der Waals surface area contributed by atoms with Crippen LogP contribution in [0.25, 0.3) is 0 Å². The van der Waals surface area contributed by atoms with Crippen molar-refractivity contribution in [2.24, 2.45) is 5.92 Å². The van der Waals surface area contributed by atoms with Crippen LogP contribution in [0.15, 0.2) is 10.9 Å². The van der Waals surface area contributed by atoms with Crippen LogP contribution in [0.5, 0.6) is 0 Å². The van der Waals surface area contributed by atoms with Gasteiger partial charge in [-0.2, -0.15) is 0 Å². The Morgan fingerprint density at radius 1 is 1.32 bits per heavy atom. The van der Waals surface area contributed by atoms with E-state index in [2.05, 4.69) is 22.5 Å². The first-order valence-corrected chi connectivity index (χ1v) is 7.92. The first kappa shape index (κ1) is 17.0. The lowest BCUT2D eigenvalue weighted by atomic mass is 9.93. The van der Waals surface area contributed by atoms with Crippen molar-refractivity contribution < 1.29 is 4.79 Å². The van der Waals surface area contributed by atoms with E-state index in [0.29, 0.717) is 5.92 Å². The number of aromatic nitrogens is 1. The van der Waals surface area contributed by atoms with Crippen LogP contribution >= 0.6 is 12.4 Å². The molecule has 0 bridgehead atoms. The fourth-order valence-corrected chi connectivity index (χ4v) is 3.32. The third kappa shape index (κ3) is 3.52. The van der Waals surface area contributed by atoms with Crippen LogP contribution in [0.2, 0.25) is 0 Å². The third-order valence-electron chi connectivity index (χ3n) is 4.68. The molecular weight excluding hydrogens is 302 g/mol. The molecule has 1 amide bonds. The minimum Gasteiger partial charge on any atom is -0.349 e. The number of rotatable bonds is 2. The maximum atomic E-state index is 12.4. The van der Waals surface area contributed by atoms with E-state index in [1.807, 2.05) is 0 Å². The van der Waals surface area contributed by atoms with E-state index in [4.69, 9.17) is 0 Å². The van der Waals surface area contributed by atoms with E-state index in [1.165, 1.54) is 0 Å². The number of amides is 1. The minimum absolute atomic E-state index is 0. The van der Waals surface area contributed by atoms with Gasteiger partial charge >= 0.3 is 0 Å². The second-order valence-corrected chi connectivity index (χ2v) is 6.27. The van der Waals surface area contributed by atoms with Crippen LogP contribution in [0, 0.1) is 5.92 Å². The predicted octanol–water partition coefficient (Wildman–Crippen LogP) is 1.40. The van der Waals surface area contributed by atoms with Crippen LogP contribution in [0.3, 0.4) is 0 Å². The average molecular weight is 326 g/mol. The summed E-state index contributed by atoms with van der Waals surface area (Å²) in [4.78, 5) is 27.4. The van der Waals surface area contributed by atoms with Crippen LogP contribution < -0.4 is 16.2 Å². The van der Waals surface area contributed by atoms with Gasteiger partial charge in [-0.05, 0) is 62.7 Å². The fraction of sp³-hybridized carbons (Fsp3) is 0.625. The van der Waals surface area contributed by atoms with Gasteiger partial charge < -0.3 is 15.6 Å². The molecule has 1 aliphatic heterocycles. The number of H-pyrrole nitrogens is 1. The molecule has 1 aromatic heterocycles. The van der Waals surface area contributed by atoms with Gasteiger partial charge in [-0.3, -0.25) is 9.59 Å². The quantitative estimate of drug-likeness (QED) is 0.769. The zero-order chi connectivity index (χ0) is 14.8. The molecule has 3 N–H and O–H groups in total. The van der Waals surface area contributed by atoms with Crippen molar-refractivity contribution in [3.8, 4) is 0 Å². The van der Waals surface area contributed by atoms with E-state index in [-0.39, 0.29) is 35.5 Å². The van der Waals surface area contributed by atoms with Crippen molar-refractivity contribution in [2.45, 2.75) is 45.1 Å². The SMILES string of the molecule is CC1CNCCC1NC(=O)c1cc2c([nH]c1=O)CCCC2.Cl. The van der Waals surface area contributed by atoms with Crippen molar-refractivity contribution in [3.05, 3.63) is 33.2 Å². The summed E-state index contributed by atoms with van der Waals surface area (Å²) in [5.41, 5.74) is 2.15. The predicted molar refractivity (Wildman–Crippen MR) is 88.9 cm³/mol. The molecule has 22 heavy (non-hydrogen) atoms. The van der Waals surface area contributed by atoms with Crippen LogP contribution in [0.1, 0.15) is 47.8 Å². The Balaban J connectivity index is 0.00000176. The van der Waals surface area contributed by atoms with Gasteiger partial charge in [0.15, 0.2) is 0 Å². The second kappa shape index (κ2) is 7.29. The first-order chi connectivity index (χ1) is 10.1. The highest BCUT2D eigenvalue weighted by Crippen LogP contribution is 2.19. The van der Waals surface area contributed by atoms with Crippen molar-refractivity contribution in [1.82, 2.24) is 15.6 Å². The monoisotopic (exact) mass is 325 g/mol. The molecule has 0 aromatic carbocycles. The highest BCUT2D eigenvalue weighted by atomic mass is 35.5. The molecule has 1 aromatic rings. The van der Waals surface area contributed by atoms with Crippen molar-refractivity contribution >= 4 is 18.3 Å². The van der Waals surface area contributed by atoms with Gasteiger partial charge in [-0.25, -0.2) is 0 Å². The lowest BCUT2D eigenvalue weighted by molar-refractivity contribution is 0.0912. The number of nitrogens with one attached hydrogen (secondary N) is 3. The number of carbonyl (C=O) groups is 1. The number of aromatic amines is 1. The Bertz CT molecular complexity index is 600. The van der Waals surface area contributed by atoms with Gasteiger partial charge in [-0.15, -0.1) is 12.4 Å². The van der Waals surface area contributed by atoms with E-state index >= 15 is 0 Å². The first-order valence-electron chi connectivity index (χ1n) is 7.92. The van der Waals surface area contributed by atoms with E-state index < -0.39 is 0 Å². The number of piperidine rings is 1. The maximum Gasteiger partial charge on any atom is 0.261 e. The molecule has 0 saturated carbocycles. The summed E-state index contributed by atoms with van der Waals surface area (Å²) in [5, 5.41) is 6.34. The Hall–Kier alpha value is -1.33. The number of pyridine rings is 1. The van der Waals surface area contributed by atoms with Gasteiger partial charge in [0, 0.05) is 11.7 Å². The highest BCUT2D eigenvalue weighted by molar-refractivity contribution is 5.94. The van der Waals surface area contributed by atoms with Crippen molar-refractivity contribution in [3.63, 3.8) is 0 Å². The number of hydrogen-bond donors (Lipinski definition) is 3. The van der Waals surface area contributed by atoms with Gasteiger partial charge in [0.2, 0.25) is 0 Å². The molecule has 2 atom stereocenters. The molecule has 1 saturated heterocycles. The molecule has 0 radical (unpaired) electrons. The van der Waals surface area contributed by atoms with Gasteiger partial charge in [0.1, 0.15) is 5.56 Å². The summed E-state index contributed by atoms with van der Waals surface area (Å²) in [6.45, 7) is 3.94. The van der Waals surface area contributed by atoms with E-state index in [1.54, 1.807) is 6.07 Å². The van der Waals surface area contributed by atoms with Crippen LogP contribution in [0.4, 0.5) is 0 Å². The van der Waals surface area contributed by atoms with Gasteiger partial charge in [0.25, 0.3) is 11.5 Å². The van der Waals surface area contributed by atoms with Gasteiger partial charge in [-0.1, -0.05) is 6.92 Å². The summed E-state index contributed by atoms with van der Waals surface area (Å²) in [6, 6.07) is 1.95. The normalized spacial score (nSPS) is 24.0. The average Bonchev–Trinajstić information content (AvgIpc) is 2.49. The number of fused-ring (bicyclic) bond motifs is 1. The number of halogens is 1.